The monoisotopic (exact) mass is 364 g/mol. The summed E-state index contributed by atoms with van der Waals surface area (Å²) in [5.41, 5.74) is 3.10. The Hall–Kier alpha value is -2.62. The van der Waals surface area contributed by atoms with E-state index in [-0.39, 0.29) is 11.9 Å². The normalized spacial score (nSPS) is 16.3. The second-order valence-electron chi connectivity index (χ2n) is 6.97. The molecule has 27 heavy (non-hydrogen) atoms. The fourth-order valence-electron chi connectivity index (χ4n) is 3.37. The highest BCUT2D eigenvalue weighted by atomic mass is 16.5. The van der Waals surface area contributed by atoms with Crippen LogP contribution < -0.4 is 4.74 Å². The zero-order chi connectivity index (χ0) is 19.1. The Morgan fingerprint density at radius 3 is 2.48 bits per heavy atom. The molecule has 1 aliphatic heterocycles. The van der Waals surface area contributed by atoms with Crippen LogP contribution >= 0.6 is 0 Å². The summed E-state index contributed by atoms with van der Waals surface area (Å²) in [5, 5.41) is 6.19. The molecule has 0 N–H and O–H groups in total. The number of carbonyl (C=O) groups is 1. The number of amides is 1. The van der Waals surface area contributed by atoms with Gasteiger partial charge in [0.2, 0.25) is 5.91 Å². The molecule has 0 saturated carbocycles. The van der Waals surface area contributed by atoms with Gasteiger partial charge in [0.05, 0.1) is 18.4 Å². The summed E-state index contributed by atoms with van der Waals surface area (Å²) in [4.78, 5) is 12.1. The van der Waals surface area contributed by atoms with Gasteiger partial charge in [0.15, 0.2) is 0 Å². The highest BCUT2D eigenvalue weighted by Crippen LogP contribution is 2.33. The molecule has 142 valence electrons. The van der Waals surface area contributed by atoms with Crippen molar-refractivity contribution in [3.05, 3.63) is 65.7 Å². The predicted octanol–water partition coefficient (Wildman–Crippen LogP) is 5.34. The first-order valence-corrected chi connectivity index (χ1v) is 9.84. The van der Waals surface area contributed by atoms with Crippen LogP contribution in [0.3, 0.4) is 0 Å². The molecule has 3 rings (SSSR count). The molecule has 0 fully saturated rings. The molecule has 1 amide bonds. The van der Waals surface area contributed by atoms with Gasteiger partial charge in [-0.1, -0.05) is 68.7 Å². The molecule has 2 aromatic carbocycles. The van der Waals surface area contributed by atoms with Crippen molar-refractivity contribution in [2.45, 2.75) is 52.0 Å². The van der Waals surface area contributed by atoms with E-state index in [1.807, 2.05) is 54.6 Å². The SMILES string of the molecule is CCCCCCOc1ccc(C2CC(c3ccccc3)=NN2C(C)=O)cc1. The first-order valence-electron chi connectivity index (χ1n) is 9.84. The molecule has 1 atom stereocenters. The third-order valence-corrected chi connectivity index (χ3v) is 4.87. The highest BCUT2D eigenvalue weighted by molar-refractivity contribution is 6.03. The lowest BCUT2D eigenvalue weighted by atomic mass is 9.98. The summed E-state index contributed by atoms with van der Waals surface area (Å²) in [6.07, 6.45) is 5.51. The van der Waals surface area contributed by atoms with Crippen molar-refractivity contribution in [2.24, 2.45) is 5.10 Å². The van der Waals surface area contributed by atoms with Gasteiger partial charge in [0.25, 0.3) is 0 Å². The van der Waals surface area contributed by atoms with E-state index in [0.29, 0.717) is 0 Å². The highest BCUT2D eigenvalue weighted by Gasteiger charge is 2.31. The molecule has 4 heteroatoms. The summed E-state index contributed by atoms with van der Waals surface area (Å²) in [6, 6.07) is 18.1. The number of hydrogen-bond donors (Lipinski definition) is 0. The number of hydrazone groups is 1. The summed E-state index contributed by atoms with van der Waals surface area (Å²) in [7, 11) is 0. The number of hydrogen-bond acceptors (Lipinski definition) is 3. The van der Waals surface area contributed by atoms with Crippen LogP contribution in [-0.2, 0) is 4.79 Å². The van der Waals surface area contributed by atoms with Gasteiger partial charge in [-0.25, -0.2) is 5.01 Å². The minimum Gasteiger partial charge on any atom is -0.494 e. The van der Waals surface area contributed by atoms with Gasteiger partial charge in [-0.2, -0.15) is 5.10 Å². The number of benzene rings is 2. The Kier molecular flexibility index (Phi) is 6.64. The number of unbranched alkanes of at least 4 members (excludes halogenated alkanes) is 3. The van der Waals surface area contributed by atoms with Crippen molar-refractivity contribution in [3.8, 4) is 5.75 Å². The minimum absolute atomic E-state index is 0.0396. The van der Waals surface area contributed by atoms with E-state index in [2.05, 4.69) is 12.0 Å². The molecule has 2 aromatic rings. The topological polar surface area (TPSA) is 41.9 Å². The summed E-state index contributed by atoms with van der Waals surface area (Å²) in [6.45, 7) is 4.53. The first-order chi connectivity index (χ1) is 13.2. The van der Waals surface area contributed by atoms with E-state index in [9.17, 15) is 4.79 Å². The average molecular weight is 364 g/mol. The molecule has 4 nitrogen and oxygen atoms in total. The van der Waals surface area contributed by atoms with Crippen LogP contribution in [0.2, 0.25) is 0 Å². The van der Waals surface area contributed by atoms with E-state index in [0.717, 1.165) is 42.0 Å². The zero-order valence-electron chi connectivity index (χ0n) is 16.2. The number of ether oxygens (including phenoxy) is 1. The third kappa shape index (κ3) is 4.97. The van der Waals surface area contributed by atoms with Gasteiger partial charge in [-0.15, -0.1) is 0 Å². The van der Waals surface area contributed by atoms with E-state index >= 15 is 0 Å². The van der Waals surface area contributed by atoms with E-state index in [1.165, 1.54) is 19.3 Å². The fourth-order valence-corrected chi connectivity index (χ4v) is 3.37. The molecule has 1 heterocycles. The molecule has 1 unspecified atom stereocenters. The maximum atomic E-state index is 12.1. The Bertz CT molecular complexity index is 769. The van der Waals surface area contributed by atoms with Gasteiger partial charge in [-0.05, 0) is 29.7 Å². The van der Waals surface area contributed by atoms with E-state index in [4.69, 9.17) is 4.74 Å². The molecule has 0 radical (unpaired) electrons. The standard InChI is InChI=1S/C23H28N2O2/c1-3-4-5-9-16-27-21-14-12-20(13-15-21)23-17-22(24-25(23)18(2)26)19-10-7-6-8-11-19/h6-8,10-15,23H,3-5,9,16-17H2,1-2H3. The van der Waals surface area contributed by atoms with Crippen LogP contribution in [-0.4, -0.2) is 23.2 Å². The predicted molar refractivity (Wildman–Crippen MR) is 109 cm³/mol. The maximum absolute atomic E-state index is 12.1. The fraction of sp³-hybridized carbons (Fsp3) is 0.391. The van der Waals surface area contributed by atoms with Gasteiger partial charge < -0.3 is 4.74 Å². The van der Waals surface area contributed by atoms with Crippen LogP contribution in [0.4, 0.5) is 0 Å². The lowest BCUT2D eigenvalue weighted by molar-refractivity contribution is -0.130. The van der Waals surface area contributed by atoms with Crippen molar-refractivity contribution in [2.75, 3.05) is 6.61 Å². The van der Waals surface area contributed by atoms with Crippen molar-refractivity contribution in [1.82, 2.24) is 5.01 Å². The Morgan fingerprint density at radius 2 is 1.81 bits per heavy atom. The average Bonchev–Trinajstić information content (AvgIpc) is 3.15. The van der Waals surface area contributed by atoms with Crippen molar-refractivity contribution < 1.29 is 9.53 Å². The molecular formula is C23H28N2O2. The second-order valence-corrected chi connectivity index (χ2v) is 6.97. The van der Waals surface area contributed by atoms with E-state index < -0.39 is 0 Å². The first kappa shape index (κ1) is 19.2. The van der Waals surface area contributed by atoms with Crippen LogP contribution in [0.15, 0.2) is 59.7 Å². The number of rotatable bonds is 8. The molecule has 0 saturated heterocycles. The van der Waals surface area contributed by atoms with E-state index in [1.54, 1.807) is 11.9 Å². The largest absolute Gasteiger partial charge is 0.494 e. The van der Waals surface area contributed by atoms with Gasteiger partial charge in [0.1, 0.15) is 5.75 Å². The summed E-state index contributed by atoms with van der Waals surface area (Å²) < 4.78 is 5.83. The quantitative estimate of drug-likeness (QED) is 0.593. The summed E-state index contributed by atoms with van der Waals surface area (Å²) >= 11 is 0. The minimum atomic E-state index is -0.0590. The summed E-state index contributed by atoms with van der Waals surface area (Å²) in [5.74, 6) is 0.842. The molecule has 0 bridgehead atoms. The Balaban J connectivity index is 1.65. The molecular weight excluding hydrogens is 336 g/mol. The van der Waals surface area contributed by atoms with Crippen LogP contribution in [0.25, 0.3) is 0 Å². The molecule has 0 aromatic heterocycles. The third-order valence-electron chi connectivity index (χ3n) is 4.87. The number of nitrogens with zero attached hydrogens (tertiary/aromatic N) is 2. The maximum Gasteiger partial charge on any atom is 0.240 e. The van der Waals surface area contributed by atoms with Crippen LogP contribution in [0.1, 0.15) is 63.1 Å². The Morgan fingerprint density at radius 1 is 1.07 bits per heavy atom. The molecule has 0 spiro atoms. The lowest BCUT2D eigenvalue weighted by Crippen LogP contribution is -2.24. The van der Waals surface area contributed by atoms with Gasteiger partial charge in [0, 0.05) is 13.3 Å². The molecule has 0 aliphatic carbocycles. The van der Waals surface area contributed by atoms with Crippen LogP contribution in [0.5, 0.6) is 5.75 Å². The van der Waals surface area contributed by atoms with Crippen molar-refractivity contribution in [1.29, 1.82) is 0 Å². The van der Waals surface area contributed by atoms with Crippen molar-refractivity contribution >= 4 is 11.6 Å². The molecule has 1 aliphatic rings. The lowest BCUT2D eigenvalue weighted by Gasteiger charge is -2.20. The number of carbonyl (C=O) groups excluding carboxylic acids is 1. The van der Waals surface area contributed by atoms with Crippen molar-refractivity contribution in [3.63, 3.8) is 0 Å². The smallest absolute Gasteiger partial charge is 0.240 e. The second kappa shape index (κ2) is 9.36. The van der Waals surface area contributed by atoms with Gasteiger partial charge >= 0.3 is 0 Å². The zero-order valence-corrected chi connectivity index (χ0v) is 16.2. The van der Waals surface area contributed by atoms with Crippen LogP contribution in [0, 0.1) is 0 Å². The van der Waals surface area contributed by atoms with Gasteiger partial charge in [-0.3, -0.25) is 4.79 Å². The Labute approximate surface area is 161 Å².